The summed E-state index contributed by atoms with van der Waals surface area (Å²) in [7, 11) is 0. The molecule has 2 nitrogen and oxygen atoms in total. The van der Waals surface area contributed by atoms with E-state index in [1.807, 2.05) is 19.9 Å². The van der Waals surface area contributed by atoms with Gasteiger partial charge in [0.25, 0.3) is 0 Å². The van der Waals surface area contributed by atoms with Crippen LogP contribution in [0.2, 0.25) is 0 Å². The zero-order valence-corrected chi connectivity index (χ0v) is 11.7. The highest BCUT2D eigenvalue weighted by Gasteiger charge is 2.05. The molecule has 0 amide bonds. The molecule has 0 fully saturated rings. The number of benzene rings is 2. The lowest BCUT2D eigenvalue weighted by atomic mass is 10.0. The number of hydrogen-bond acceptors (Lipinski definition) is 2. The normalized spacial score (nSPS) is 10.5. The van der Waals surface area contributed by atoms with Crippen LogP contribution in [0, 0.1) is 13.8 Å². The summed E-state index contributed by atoms with van der Waals surface area (Å²) in [6, 6.07) is 18.9. The van der Waals surface area contributed by atoms with Crippen LogP contribution in [-0.2, 0) is 0 Å². The molecule has 0 aliphatic carbocycles. The summed E-state index contributed by atoms with van der Waals surface area (Å²) in [6.45, 7) is 3.96. The molecule has 0 saturated carbocycles. The van der Waals surface area contributed by atoms with E-state index in [9.17, 15) is 0 Å². The first-order valence-corrected chi connectivity index (χ1v) is 6.70. The third-order valence-electron chi connectivity index (χ3n) is 3.34. The Morgan fingerprint density at radius 2 is 1.30 bits per heavy atom. The van der Waals surface area contributed by atoms with Gasteiger partial charge < -0.3 is 0 Å². The van der Waals surface area contributed by atoms with Gasteiger partial charge in [0.15, 0.2) is 0 Å². The molecule has 0 bridgehead atoms. The Morgan fingerprint density at radius 3 is 2.00 bits per heavy atom. The molecule has 2 heteroatoms. The lowest BCUT2D eigenvalue weighted by molar-refractivity contribution is 1.07. The van der Waals surface area contributed by atoms with E-state index in [4.69, 9.17) is 0 Å². The second-order valence-electron chi connectivity index (χ2n) is 4.89. The van der Waals surface area contributed by atoms with Crippen LogP contribution in [0.5, 0.6) is 0 Å². The molecule has 2 aromatic carbocycles. The smallest absolute Gasteiger partial charge is 0.0917 e. The van der Waals surface area contributed by atoms with Crippen molar-refractivity contribution in [1.82, 2.24) is 9.97 Å². The first kappa shape index (κ1) is 12.5. The average molecular weight is 260 g/mol. The monoisotopic (exact) mass is 260 g/mol. The minimum Gasteiger partial charge on any atom is -0.257 e. The van der Waals surface area contributed by atoms with Gasteiger partial charge in [-0.05, 0) is 25.0 Å². The Labute approximate surface area is 119 Å². The molecule has 98 valence electrons. The standard InChI is InChI=1S/C18H16N2/c1-13-12-19-14(2)18(20-13)17-10-8-16(9-11-17)15-6-4-3-5-7-15/h3-12H,1-2H3. The molecule has 1 heterocycles. The molecular weight excluding hydrogens is 244 g/mol. The maximum Gasteiger partial charge on any atom is 0.0917 e. The van der Waals surface area contributed by atoms with Crippen molar-refractivity contribution < 1.29 is 0 Å². The Morgan fingerprint density at radius 1 is 0.700 bits per heavy atom. The highest BCUT2D eigenvalue weighted by Crippen LogP contribution is 2.24. The summed E-state index contributed by atoms with van der Waals surface area (Å²) in [5, 5.41) is 0. The van der Waals surface area contributed by atoms with E-state index in [1.54, 1.807) is 6.20 Å². The van der Waals surface area contributed by atoms with Gasteiger partial charge in [0.2, 0.25) is 0 Å². The molecule has 0 aliphatic rings. The minimum atomic E-state index is 0.942. The Kier molecular flexibility index (Phi) is 3.30. The van der Waals surface area contributed by atoms with Crippen molar-refractivity contribution >= 4 is 0 Å². The number of rotatable bonds is 2. The van der Waals surface area contributed by atoms with Crippen LogP contribution < -0.4 is 0 Å². The van der Waals surface area contributed by atoms with E-state index in [1.165, 1.54) is 11.1 Å². The van der Waals surface area contributed by atoms with Crippen LogP contribution in [0.15, 0.2) is 60.8 Å². The summed E-state index contributed by atoms with van der Waals surface area (Å²) in [5.74, 6) is 0. The topological polar surface area (TPSA) is 25.8 Å². The highest BCUT2D eigenvalue weighted by atomic mass is 14.8. The highest BCUT2D eigenvalue weighted by molar-refractivity contribution is 5.69. The summed E-state index contributed by atoms with van der Waals surface area (Å²) in [5.41, 5.74) is 6.42. The first-order chi connectivity index (χ1) is 9.74. The van der Waals surface area contributed by atoms with Gasteiger partial charge in [-0.2, -0.15) is 0 Å². The van der Waals surface area contributed by atoms with Gasteiger partial charge in [-0.1, -0.05) is 54.6 Å². The molecule has 0 saturated heterocycles. The van der Waals surface area contributed by atoms with Crippen LogP contribution in [0.1, 0.15) is 11.4 Å². The third kappa shape index (κ3) is 2.45. The average Bonchev–Trinajstić information content (AvgIpc) is 2.51. The van der Waals surface area contributed by atoms with Crippen molar-refractivity contribution in [2.75, 3.05) is 0 Å². The fourth-order valence-electron chi connectivity index (χ4n) is 2.26. The summed E-state index contributed by atoms with van der Waals surface area (Å²) < 4.78 is 0. The molecule has 0 unspecified atom stereocenters. The van der Waals surface area contributed by atoms with Gasteiger partial charge in [-0.3, -0.25) is 4.98 Å². The van der Waals surface area contributed by atoms with Crippen LogP contribution in [0.25, 0.3) is 22.4 Å². The molecule has 20 heavy (non-hydrogen) atoms. The largest absolute Gasteiger partial charge is 0.257 e. The van der Waals surface area contributed by atoms with E-state index in [0.29, 0.717) is 0 Å². The van der Waals surface area contributed by atoms with E-state index in [0.717, 1.165) is 22.6 Å². The minimum absolute atomic E-state index is 0.942. The van der Waals surface area contributed by atoms with Gasteiger partial charge in [-0.15, -0.1) is 0 Å². The van der Waals surface area contributed by atoms with E-state index in [-0.39, 0.29) is 0 Å². The molecule has 0 N–H and O–H groups in total. The summed E-state index contributed by atoms with van der Waals surface area (Å²) >= 11 is 0. The number of aryl methyl sites for hydroxylation is 2. The zero-order chi connectivity index (χ0) is 13.9. The van der Waals surface area contributed by atoms with Crippen LogP contribution in [0.3, 0.4) is 0 Å². The predicted molar refractivity (Wildman–Crippen MR) is 82.4 cm³/mol. The molecule has 0 radical (unpaired) electrons. The second kappa shape index (κ2) is 5.25. The molecule has 0 atom stereocenters. The maximum absolute atomic E-state index is 4.58. The molecule has 0 aliphatic heterocycles. The van der Waals surface area contributed by atoms with Gasteiger partial charge in [0, 0.05) is 11.8 Å². The third-order valence-corrected chi connectivity index (χ3v) is 3.34. The summed E-state index contributed by atoms with van der Waals surface area (Å²) in [4.78, 5) is 8.96. The lowest BCUT2D eigenvalue weighted by Gasteiger charge is -2.07. The molecule has 0 spiro atoms. The van der Waals surface area contributed by atoms with E-state index < -0.39 is 0 Å². The van der Waals surface area contributed by atoms with Crippen LogP contribution in [0.4, 0.5) is 0 Å². The van der Waals surface area contributed by atoms with E-state index >= 15 is 0 Å². The van der Waals surface area contributed by atoms with Crippen molar-refractivity contribution in [3.8, 4) is 22.4 Å². The predicted octanol–water partition coefficient (Wildman–Crippen LogP) is 4.43. The molecule has 1 aromatic heterocycles. The first-order valence-electron chi connectivity index (χ1n) is 6.70. The van der Waals surface area contributed by atoms with Gasteiger partial charge in [0.1, 0.15) is 0 Å². The van der Waals surface area contributed by atoms with Crippen LogP contribution >= 0.6 is 0 Å². The van der Waals surface area contributed by atoms with E-state index in [2.05, 4.69) is 58.5 Å². The van der Waals surface area contributed by atoms with Crippen LogP contribution in [-0.4, -0.2) is 9.97 Å². The van der Waals surface area contributed by atoms with Crippen molar-refractivity contribution in [3.63, 3.8) is 0 Å². The zero-order valence-electron chi connectivity index (χ0n) is 11.7. The molecule has 3 aromatic rings. The Bertz CT molecular complexity index is 716. The van der Waals surface area contributed by atoms with Gasteiger partial charge in [-0.25, -0.2) is 4.98 Å². The fourth-order valence-corrected chi connectivity index (χ4v) is 2.26. The second-order valence-corrected chi connectivity index (χ2v) is 4.89. The fraction of sp³-hybridized carbons (Fsp3) is 0.111. The number of aromatic nitrogens is 2. The van der Waals surface area contributed by atoms with Crippen molar-refractivity contribution in [2.45, 2.75) is 13.8 Å². The summed E-state index contributed by atoms with van der Waals surface area (Å²) in [6.07, 6.45) is 1.80. The quantitative estimate of drug-likeness (QED) is 0.681. The Hall–Kier alpha value is -2.48. The lowest BCUT2D eigenvalue weighted by Crippen LogP contribution is -1.94. The number of hydrogen-bond donors (Lipinski definition) is 0. The van der Waals surface area contributed by atoms with Crippen molar-refractivity contribution in [3.05, 3.63) is 72.2 Å². The maximum atomic E-state index is 4.58. The molecular formula is C18H16N2. The van der Waals surface area contributed by atoms with Gasteiger partial charge in [0.05, 0.1) is 17.1 Å². The SMILES string of the molecule is Cc1cnc(C)c(-c2ccc(-c3ccccc3)cc2)n1. The Balaban J connectivity index is 2.00. The van der Waals surface area contributed by atoms with Crippen molar-refractivity contribution in [2.24, 2.45) is 0 Å². The van der Waals surface area contributed by atoms with Gasteiger partial charge >= 0.3 is 0 Å². The molecule has 3 rings (SSSR count). The van der Waals surface area contributed by atoms with Crippen molar-refractivity contribution in [1.29, 1.82) is 0 Å². The number of nitrogens with zero attached hydrogens (tertiary/aromatic N) is 2.